The molecule has 0 aliphatic rings. The molecule has 94 valence electrons. The molecule has 2 unspecified atom stereocenters. The fourth-order valence-electron chi connectivity index (χ4n) is 2.01. The number of hydrogen-bond acceptors (Lipinski definition) is 2. The second-order valence-corrected chi connectivity index (χ2v) is 5.27. The third-order valence-electron chi connectivity index (χ3n) is 3.48. The summed E-state index contributed by atoms with van der Waals surface area (Å²) in [6, 6.07) is 0. The van der Waals surface area contributed by atoms with Crippen LogP contribution in [0.15, 0.2) is 0 Å². The average Bonchev–Trinajstić information content (AvgIpc) is 2.26. The van der Waals surface area contributed by atoms with Crippen LogP contribution in [0.1, 0.15) is 59.8 Å². The fourth-order valence-corrected chi connectivity index (χ4v) is 2.01. The van der Waals surface area contributed by atoms with E-state index in [9.17, 15) is 14.7 Å². The average molecular weight is 228 g/mol. The second-order valence-electron chi connectivity index (χ2n) is 5.27. The molecule has 0 bridgehead atoms. The monoisotopic (exact) mass is 228 g/mol. The van der Waals surface area contributed by atoms with Gasteiger partial charge in [0.05, 0.1) is 5.41 Å². The first-order valence-corrected chi connectivity index (χ1v) is 6.03. The van der Waals surface area contributed by atoms with Crippen LogP contribution in [0.25, 0.3) is 0 Å². The highest BCUT2D eigenvalue weighted by molar-refractivity contribution is 5.75. The van der Waals surface area contributed by atoms with Crippen molar-refractivity contribution in [2.24, 2.45) is 10.8 Å². The highest BCUT2D eigenvalue weighted by Gasteiger charge is 2.39. The molecule has 0 aromatic heterocycles. The van der Waals surface area contributed by atoms with Gasteiger partial charge in [-0.1, -0.05) is 33.6 Å². The summed E-state index contributed by atoms with van der Waals surface area (Å²) < 4.78 is 0. The molecule has 0 saturated heterocycles. The molecule has 0 heterocycles. The molecule has 0 aromatic rings. The molecule has 0 fully saturated rings. The van der Waals surface area contributed by atoms with Gasteiger partial charge in [-0.25, -0.2) is 0 Å². The lowest BCUT2D eigenvalue weighted by molar-refractivity contribution is -0.150. The maximum absolute atomic E-state index is 11.2. The first-order valence-electron chi connectivity index (χ1n) is 6.03. The normalized spacial score (nSPS) is 18.5. The highest BCUT2D eigenvalue weighted by Crippen LogP contribution is 2.38. The Balaban J connectivity index is 4.73. The quantitative estimate of drug-likeness (QED) is 0.649. The van der Waals surface area contributed by atoms with E-state index in [4.69, 9.17) is 0 Å². The summed E-state index contributed by atoms with van der Waals surface area (Å²) in [7, 11) is 0. The van der Waals surface area contributed by atoms with Crippen LogP contribution in [0.5, 0.6) is 0 Å². The van der Waals surface area contributed by atoms with Crippen LogP contribution >= 0.6 is 0 Å². The number of hydrogen-bond donors (Lipinski definition) is 1. The summed E-state index contributed by atoms with van der Waals surface area (Å²) in [5.74, 6) is -0.806. The fraction of sp³-hybridized carbons (Fsp3) is 0.846. The summed E-state index contributed by atoms with van der Waals surface area (Å²) in [4.78, 5) is 22.4. The summed E-state index contributed by atoms with van der Waals surface area (Å²) in [6.45, 7) is 7.52. The van der Waals surface area contributed by atoms with E-state index in [0.29, 0.717) is 12.8 Å². The lowest BCUT2D eigenvalue weighted by atomic mass is 9.70. The van der Waals surface area contributed by atoms with E-state index in [-0.39, 0.29) is 0 Å². The Bertz CT molecular complexity index is 250. The first-order chi connectivity index (χ1) is 7.33. The van der Waals surface area contributed by atoms with Crippen LogP contribution in [0.2, 0.25) is 0 Å². The number of unbranched alkanes of at least 4 members (excludes halogenated alkanes) is 1. The van der Waals surface area contributed by atoms with Crippen molar-refractivity contribution < 1.29 is 14.7 Å². The SMILES string of the molecule is CCCCC(C)(C=O)CC(C)(CC)C(=O)O. The molecule has 16 heavy (non-hydrogen) atoms. The van der Waals surface area contributed by atoms with Crippen molar-refractivity contribution in [2.45, 2.75) is 59.8 Å². The Morgan fingerprint density at radius 2 is 1.88 bits per heavy atom. The van der Waals surface area contributed by atoms with Gasteiger partial charge in [0.1, 0.15) is 6.29 Å². The van der Waals surface area contributed by atoms with Gasteiger partial charge in [-0.05, 0) is 26.2 Å². The Kier molecular flexibility index (Phi) is 5.70. The van der Waals surface area contributed by atoms with Crippen molar-refractivity contribution in [1.82, 2.24) is 0 Å². The van der Waals surface area contributed by atoms with Gasteiger partial charge < -0.3 is 9.90 Å². The lowest BCUT2D eigenvalue weighted by Gasteiger charge is -2.32. The smallest absolute Gasteiger partial charge is 0.309 e. The maximum atomic E-state index is 11.2. The van der Waals surface area contributed by atoms with Crippen LogP contribution in [0.3, 0.4) is 0 Å². The van der Waals surface area contributed by atoms with Crippen LogP contribution in [0, 0.1) is 10.8 Å². The van der Waals surface area contributed by atoms with Gasteiger partial charge in [0.15, 0.2) is 0 Å². The summed E-state index contributed by atoms with van der Waals surface area (Å²) in [6.07, 6.45) is 4.68. The minimum Gasteiger partial charge on any atom is -0.481 e. The van der Waals surface area contributed by atoms with Crippen LogP contribution in [-0.2, 0) is 9.59 Å². The summed E-state index contributed by atoms with van der Waals surface area (Å²) in [5.41, 5.74) is -1.29. The standard InChI is InChI=1S/C13H24O3/c1-5-7-8-12(3,10-14)9-13(4,6-2)11(15)16/h10H,5-9H2,1-4H3,(H,15,16). The van der Waals surface area contributed by atoms with Crippen LogP contribution in [0.4, 0.5) is 0 Å². The third-order valence-corrected chi connectivity index (χ3v) is 3.48. The largest absolute Gasteiger partial charge is 0.481 e. The van der Waals surface area contributed by atoms with E-state index in [0.717, 1.165) is 25.5 Å². The number of carboxylic acid groups (broad SMARTS) is 1. The zero-order valence-electron chi connectivity index (χ0n) is 10.9. The molecular weight excluding hydrogens is 204 g/mol. The zero-order chi connectivity index (χ0) is 12.8. The van der Waals surface area contributed by atoms with Crippen LogP contribution in [-0.4, -0.2) is 17.4 Å². The zero-order valence-corrected chi connectivity index (χ0v) is 10.9. The number of carbonyl (C=O) groups is 2. The van der Waals surface area contributed by atoms with Crippen molar-refractivity contribution in [1.29, 1.82) is 0 Å². The minimum absolute atomic E-state index is 0.426. The van der Waals surface area contributed by atoms with Crippen molar-refractivity contribution >= 4 is 12.3 Å². The van der Waals surface area contributed by atoms with E-state index in [1.54, 1.807) is 6.92 Å². The first kappa shape index (κ1) is 15.1. The topological polar surface area (TPSA) is 54.4 Å². The van der Waals surface area contributed by atoms with Crippen molar-refractivity contribution in [3.63, 3.8) is 0 Å². The van der Waals surface area contributed by atoms with E-state index in [1.807, 2.05) is 13.8 Å². The number of rotatable bonds is 8. The lowest BCUT2D eigenvalue weighted by Crippen LogP contribution is -2.34. The molecule has 0 radical (unpaired) electrons. The van der Waals surface area contributed by atoms with Gasteiger partial charge in [0.25, 0.3) is 0 Å². The van der Waals surface area contributed by atoms with Gasteiger partial charge in [0, 0.05) is 5.41 Å². The molecule has 0 rings (SSSR count). The molecule has 0 spiro atoms. The van der Waals surface area contributed by atoms with E-state index < -0.39 is 16.8 Å². The van der Waals surface area contributed by atoms with Crippen molar-refractivity contribution in [2.75, 3.05) is 0 Å². The van der Waals surface area contributed by atoms with E-state index in [2.05, 4.69) is 6.92 Å². The van der Waals surface area contributed by atoms with E-state index in [1.165, 1.54) is 0 Å². The summed E-state index contributed by atoms with van der Waals surface area (Å²) >= 11 is 0. The molecule has 1 N–H and O–H groups in total. The highest BCUT2D eigenvalue weighted by atomic mass is 16.4. The van der Waals surface area contributed by atoms with Gasteiger partial charge in [-0.3, -0.25) is 4.79 Å². The molecule has 3 nitrogen and oxygen atoms in total. The molecular formula is C13H24O3. The van der Waals surface area contributed by atoms with Crippen molar-refractivity contribution in [3.05, 3.63) is 0 Å². The Morgan fingerprint density at radius 3 is 2.19 bits per heavy atom. The molecule has 0 aromatic carbocycles. The van der Waals surface area contributed by atoms with Gasteiger partial charge in [-0.15, -0.1) is 0 Å². The molecule has 0 aliphatic carbocycles. The van der Waals surface area contributed by atoms with E-state index >= 15 is 0 Å². The molecule has 2 atom stereocenters. The number of carbonyl (C=O) groups excluding carboxylic acids is 1. The Morgan fingerprint density at radius 1 is 1.31 bits per heavy atom. The Labute approximate surface area is 98.2 Å². The number of aldehydes is 1. The molecule has 0 aliphatic heterocycles. The third kappa shape index (κ3) is 3.95. The summed E-state index contributed by atoms with van der Waals surface area (Å²) in [5, 5.41) is 9.20. The molecule has 0 amide bonds. The second kappa shape index (κ2) is 6.02. The predicted molar refractivity (Wildman–Crippen MR) is 64.3 cm³/mol. The molecule has 3 heteroatoms. The predicted octanol–water partition coefficient (Wildman–Crippen LogP) is 3.27. The maximum Gasteiger partial charge on any atom is 0.309 e. The van der Waals surface area contributed by atoms with Crippen LogP contribution < -0.4 is 0 Å². The van der Waals surface area contributed by atoms with Gasteiger partial charge in [0.2, 0.25) is 0 Å². The Hall–Kier alpha value is -0.860. The minimum atomic E-state index is -0.806. The van der Waals surface area contributed by atoms with Crippen molar-refractivity contribution in [3.8, 4) is 0 Å². The molecule has 0 saturated carbocycles. The van der Waals surface area contributed by atoms with Gasteiger partial charge >= 0.3 is 5.97 Å². The number of carboxylic acids is 1. The van der Waals surface area contributed by atoms with Gasteiger partial charge in [-0.2, -0.15) is 0 Å². The number of aliphatic carboxylic acids is 1.